The summed E-state index contributed by atoms with van der Waals surface area (Å²) in [5.41, 5.74) is 0. The molecule has 1 amide bonds. The first-order valence-corrected chi connectivity index (χ1v) is 8.98. The van der Waals surface area contributed by atoms with Crippen LogP contribution in [-0.2, 0) is 15.0 Å². The van der Waals surface area contributed by atoms with Crippen LogP contribution < -0.4 is 9.46 Å². The second kappa shape index (κ2) is 7.76. The van der Waals surface area contributed by atoms with Crippen LogP contribution in [-0.4, -0.2) is 63.4 Å². The number of carbonyl (C=O) groups is 1. The van der Waals surface area contributed by atoms with Gasteiger partial charge in [0.05, 0.1) is 0 Å². The minimum Gasteiger partial charge on any atom is -0.484 e. The molecule has 128 valence electrons. The molecule has 0 radical (unpaired) electrons. The van der Waals surface area contributed by atoms with Crippen molar-refractivity contribution in [3.05, 3.63) is 30.3 Å². The number of hydrogen-bond donors (Lipinski definition) is 1. The zero-order valence-electron chi connectivity index (χ0n) is 13.4. The third-order valence-corrected chi connectivity index (χ3v) is 5.34. The number of carbonyl (C=O) groups excluding carboxylic acids is 1. The zero-order valence-corrected chi connectivity index (χ0v) is 14.3. The van der Waals surface area contributed by atoms with Gasteiger partial charge in [-0.05, 0) is 25.0 Å². The summed E-state index contributed by atoms with van der Waals surface area (Å²) in [5.74, 6) is 0.581. The van der Waals surface area contributed by atoms with Crippen molar-refractivity contribution >= 4 is 16.1 Å². The number of piperidine rings is 1. The highest BCUT2D eigenvalue weighted by Gasteiger charge is 2.26. The first-order chi connectivity index (χ1) is 10.9. The normalized spacial score (nSPS) is 16.6. The molecule has 1 aromatic carbocycles. The van der Waals surface area contributed by atoms with Crippen molar-refractivity contribution in [2.75, 3.05) is 33.8 Å². The van der Waals surface area contributed by atoms with Crippen molar-refractivity contribution in [1.29, 1.82) is 0 Å². The van der Waals surface area contributed by atoms with Crippen molar-refractivity contribution in [3.8, 4) is 5.75 Å². The van der Waals surface area contributed by atoms with Gasteiger partial charge in [0.15, 0.2) is 6.61 Å². The molecule has 1 aliphatic heterocycles. The van der Waals surface area contributed by atoms with Gasteiger partial charge in [-0.2, -0.15) is 17.4 Å². The maximum absolute atomic E-state index is 12.1. The minimum absolute atomic E-state index is 0.00188. The third kappa shape index (κ3) is 5.19. The highest BCUT2D eigenvalue weighted by atomic mass is 32.2. The SMILES string of the molecule is CN(C)S(=O)(=O)NC1CCN(C(=O)COc2ccccc2)CC1. The lowest BCUT2D eigenvalue weighted by molar-refractivity contribution is -0.134. The standard InChI is InChI=1S/C15H23N3O4S/c1-17(2)23(20,21)16-13-8-10-18(11-9-13)15(19)12-22-14-6-4-3-5-7-14/h3-7,13,16H,8-12H2,1-2H3. The number of amides is 1. The summed E-state index contributed by atoms with van der Waals surface area (Å²) in [7, 11) is -0.451. The van der Waals surface area contributed by atoms with E-state index in [4.69, 9.17) is 4.74 Å². The first-order valence-electron chi connectivity index (χ1n) is 7.54. The summed E-state index contributed by atoms with van der Waals surface area (Å²) >= 11 is 0. The van der Waals surface area contributed by atoms with E-state index in [-0.39, 0.29) is 18.6 Å². The molecule has 0 spiro atoms. The fourth-order valence-corrected chi connectivity index (χ4v) is 3.18. The molecule has 0 saturated carbocycles. The number of nitrogens with zero attached hydrogens (tertiary/aromatic N) is 2. The van der Waals surface area contributed by atoms with Gasteiger partial charge < -0.3 is 9.64 Å². The second-order valence-corrected chi connectivity index (χ2v) is 7.58. The summed E-state index contributed by atoms with van der Waals surface area (Å²) in [5, 5.41) is 0. The van der Waals surface area contributed by atoms with Crippen LogP contribution in [0.3, 0.4) is 0 Å². The maximum atomic E-state index is 12.1. The quantitative estimate of drug-likeness (QED) is 0.815. The largest absolute Gasteiger partial charge is 0.484 e. The lowest BCUT2D eigenvalue weighted by atomic mass is 10.1. The highest BCUT2D eigenvalue weighted by Crippen LogP contribution is 2.13. The first kappa shape index (κ1) is 17.7. The third-order valence-electron chi connectivity index (χ3n) is 3.75. The molecular weight excluding hydrogens is 318 g/mol. The summed E-state index contributed by atoms with van der Waals surface area (Å²) in [6.07, 6.45) is 1.20. The van der Waals surface area contributed by atoms with Crippen LogP contribution in [0, 0.1) is 0 Å². The molecule has 0 bridgehead atoms. The lowest BCUT2D eigenvalue weighted by Crippen LogP contribution is -2.49. The number of likely N-dealkylation sites (tertiary alicyclic amines) is 1. The Labute approximate surface area is 137 Å². The van der Waals surface area contributed by atoms with Crippen LogP contribution in [0.1, 0.15) is 12.8 Å². The molecule has 1 N–H and O–H groups in total. The van der Waals surface area contributed by atoms with E-state index in [0.717, 1.165) is 4.31 Å². The average molecular weight is 341 g/mol. The summed E-state index contributed by atoms with van der Waals surface area (Å²) < 4.78 is 32.8. The predicted octanol–water partition coefficient (Wildman–Crippen LogP) is 0.452. The van der Waals surface area contributed by atoms with Crippen LogP contribution in [0.2, 0.25) is 0 Å². The van der Waals surface area contributed by atoms with E-state index >= 15 is 0 Å². The second-order valence-electron chi connectivity index (χ2n) is 5.66. The van der Waals surface area contributed by atoms with Gasteiger partial charge in [-0.15, -0.1) is 0 Å². The summed E-state index contributed by atoms with van der Waals surface area (Å²) in [6, 6.07) is 9.05. The Kier molecular flexibility index (Phi) is 5.97. The van der Waals surface area contributed by atoms with Gasteiger partial charge in [-0.25, -0.2) is 0 Å². The Morgan fingerprint density at radius 2 is 1.87 bits per heavy atom. The Morgan fingerprint density at radius 1 is 1.26 bits per heavy atom. The topological polar surface area (TPSA) is 79.0 Å². The van der Waals surface area contributed by atoms with Gasteiger partial charge in [0.25, 0.3) is 16.1 Å². The molecule has 0 aromatic heterocycles. The summed E-state index contributed by atoms with van der Waals surface area (Å²) in [6.45, 7) is 1.05. The molecule has 1 fully saturated rings. The molecule has 1 aliphatic rings. The van der Waals surface area contributed by atoms with Gasteiger partial charge >= 0.3 is 0 Å². The Morgan fingerprint density at radius 3 is 2.43 bits per heavy atom. The van der Waals surface area contributed by atoms with Crippen molar-refractivity contribution in [2.45, 2.75) is 18.9 Å². The maximum Gasteiger partial charge on any atom is 0.279 e. The fourth-order valence-electron chi connectivity index (χ4n) is 2.32. The monoisotopic (exact) mass is 341 g/mol. The van der Waals surface area contributed by atoms with E-state index in [9.17, 15) is 13.2 Å². The number of para-hydroxylation sites is 1. The van der Waals surface area contributed by atoms with Crippen molar-refractivity contribution in [2.24, 2.45) is 0 Å². The minimum atomic E-state index is -3.43. The number of benzene rings is 1. The molecular formula is C15H23N3O4S. The van der Waals surface area contributed by atoms with Crippen LogP contribution >= 0.6 is 0 Å². The Hall–Kier alpha value is -1.64. The lowest BCUT2D eigenvalue weighted by Gasteiger charge is -2.32. The highest BCUT2D eigenvalue weighted by molar-refractivity contribution is 7.87. The van der Waals surface area contributed by atoms with E-state index in [1.165, 1.54) is 14.1 Å². The number of hydrogen-bond acceptors (Lipinski definition) is 4. The van der Waals surface area contributed by atoms with Gasteiger partial charge in [-0.3, -0.25) is 4.79 Å². The molecule has 0 aliphatic carbocycles. The van der Waals surface area contributed by atoms with Crippen molar-refractivity contribution in [3.63, 3.8) is 0 Å². The van der Waals surface area contributed by atoms with Crippen LogP contribution in [0.4, 0.5) is 0 Å². The van der Waals surface area contributed by atoms with Gasteiger partial charge in [0.1, 0.15) is 5.75 Å². The molecule has 0 unspecified atom stereocenters. The smallest absolute Gasteiger partial charge is 0.279 e. The van der Waals surface area contributed by atoms with E-state index in [1.54, 1.807) is 17.0 Å². The number of ether oxygens (including phenoxy) is 1. The summed E-state index contributed by atoms with van der Waals surface area (Å²) in [4.78, 5) is 13.8. The molecule has 1 heterocycles. The van der Waals surface area contributed by atoms with Gasteiger partial charge in [0, 0.05) is 33.2 Å². The molecule has 1 saturated heterocycles. The van der Waals surface area contributed by atoms with Crippen LogP contribution in [0.5, 0.6) is 5.75 Å². The Bertz CT molecular complexity index is 611. The molecule has 2 rings (SSSR count). The van der Waals surface area contributed by atoms with Crippen molar-refractivity contribution in [1.82, 2.24) is 13.9 Å². The van der Waals surface area contributed by atoms with Gasteiger partial charge in [0.2, 0.25) is 0 Å². The van der Waals surface area contributed by atoms with Gasteiger partial charge in [-0.1, -0.05) is 18.2 Å². The number of rotatable bonds is 6. The number of nitrogens with one attached hydrogen (secondary N) is 1. The average Bonchev–Trinajstić information content (AvgIpc) is 2.54. The van der Waals surface area contributed by atoms with Crippen molar-refractivity contribution < 1.29 is 17.9 Å². The Balaban J connectivity index is 1.76. The van der Waals surface area contributed by atoms with Crippen LogP contribution in [0.15, 0.2) is 30.3 Å². The molecule has 1 aromatic rings. The molecule has 0 atom stereocenters. The van der Waals surface area contributed by atoms with E-state index in [0.29, 0.717) is 31.7 Å². The molecule has 8 heteroatoms. The fraction of sp³-hybridized carbons (Fsp3) is 0.533. The van der Waals surface area contributed by atoms with E-state index in [2.05, 4.69) is 4.72 Å². The zero-order chi connectivity index (χ0) is 16.9. The molecule has 7 nitrogen and oxygen atoms in total. The van der Waals surface area contributed by atoms with Crippen LogP contribution in [0.25, 0.3) is 0 Å². The van der Waals surface area contributed by atoms with E-state index in [1.807, 2.05) is 18.2 Å². The predicted molar refractivity (Wildman–Crippen MR) is 87.3 cm³/mol. The molecule has 23 heavy (non-hydrogen) atoms. The van der Waals surface area contributed by atoms with E-state index < -0.39 is 10.2 Å².